The molecule has 1 atom stereocenters. The summed E-state index contributed by atoms with van der Waals surface area (Å²) in [6.45, 7) is 8.92. The number of pyridine rings is 1. The smallest absolute Gasteiger partial charge is 0.374 e. The molecule has 0 amide bonds. The molecule has 0 radical (unpaired) electrons. The van der Waals surface area contributed by atoms with Crippen molar-refractivity contribution in [1.29, 1.82) is 0 Å². The second kappa shape index (κ2) is 10.3. The maximum Gasteiger partial charge on any atom is 0.374 e. The molecule has 9 heteroatoms. The van der Waals surface area contributed by atoms with Crippen molar-refractivity contribution in [2.45, 2.75) is 91.1 Å². The number of aromatic nitrogens is 5. The zero-order valence-corrected chi connectivity index (χ0v) is 22.2. The van der Waals surface area contributed by atoms with Gasteiger partial charge in [0.15, 0.2) is 23.1 Å². The summed E-state index contributed by atoms with van der Waals surface area (Å²) in [7, 11) is 0. The molecular weight excluding hydrogens is 471 g/mol. The number of hydrogen-bond donors (Lipinski definition) is 2. The fourth-order valence-corrected chi connectivity index (χ4v) is 5.69. The molecule has 2 N–H and O–H groups in total. The highest BCUT2D eigenvalue weighted by Crippen LogP contribution is 2.37. The van der Waals surface area contributed by atoms with Gasteiger partial charge in [-0.05, 0) is 67.9 Å². The van der Waals surface area contributed by atoms with Crippen molar-refractivity contribution in [2.24, 2.45) is 17.8 Å². The van der Waals surface area contributed by atoms with E-state index in [0.29, 0.717) is 47.0 Å². The van der Waals surface area contributed by atoms with Gasteiger partial charge in [-0.1, -0.05) is 40.0 Å². The molecule has 0 aliphatic heterocycles. The van der Waals surface area contributed by atoms with Gasteiger partial charge < -0.3 is 15.0 Å². The molecule has 2 aliphatic rings. The summed E-state index contributed by atoms with van der Waals surface area (Å²) in [4.78, 5) is 29.7. The van der Waals surface area contributed by atoms with Crippen LogP contribution in [0.3, 0.4) is 0 Å². The summed E-state index contributed by atoms with van der Waals surface area (Å²) in [5, 5.41) is 13.2. The van der Waals surface area contributed by atoms with E-state index in [1.165, 1.54) is 6.42 Å². The predicted molar refractivity (Wildman–Crippen MR) is 141 cm³/mol. The number of nitrogens with zero attached hydrogens (tertiary/aromatic N) is 5. The van der Waals surface area contributed by atoms with E-state index in [2.05, 4.69) is 34.1 Å². The second-order valence-corrected chi connectivity index (χ2v) is 11.4. The number of fused-ring (bicyclic) bond motifs is 1. The standard InChI is InChI=1S/C28H37FN6O2/c1-15(2)20-12-13-30-22(21(20)29)27-34-25-23(35(27)14-18-10-8-16(3)9-11-18)24(32-26(33-25)28(36)37)31-17(4)19-6-5-7-19/h12-13,15-19H,5-11,14H2,1-4H3,(H,36,37)(H,31,32,33)/t16-,17-,18-/m1/s1. The van der Waals surface area contributed by atoms with Gasteiger partial charge in [0.1, 0.15) is 11.2 Å². The van der Waals surface area contributed by atoms with Crippen molar-refractivity contribution in [3.8, 4) is 11.5 Å². The van der Waals surface area contributed by atoms with E-state index >= 15 is 4.39 Å². The molecule has 0 unspecified atom stereocenters. The largest absolute Gasteiger partial charge is 0.475 e. The monoisotopic (exact) mass is 508 g/mol. The number of hydrogen-bond acceptors (Lipinski definition) is 6. The van der Waals surface area contributed by atoms with Crippen LogP contribution in [0.25, 0.3) is 22.7 Å². The van der Waals surface area contributed by atoms with Crippen LogP contribution in [0.1, 0.15) is 94.7 Å². The molecule has 3 aromatic rings. The van der Waals surface area contributed by atoms with Gasteiger partial charge in [0.05, 0.1) is 0 Å². The fraction of sp³-hybridized carbons (Fsp3) is 0.607. The number of imidazole rings is 1. The van der Waals surface area contributed by atoms with Gasteiger partial charge in [-0.2, -0.15) is 0 Å². The predicted octanol–water partition coefficient (Wildman–Crippen LogP) is 6.28. The van der Waals surface area contributed by atoms with E-state index in [0.717, 1.165) is 38.5 Å². The average molecular weight is 509 g/mol. The highest BCUT2D eigenvalue weighted by molar-refractivity contribution is 5.92. The Morgan fingerprint density at radius 2 is 1.86 bits per heavy atom. The summed E-state index contributed by atoms with van der Waals surface area (Å²) in [5.74, 6) is 0.505. The summed E-state index contributed by atoms with van der Waals surface area (Å²) in [6, 6.07) is 1.82. The number of rotatable bonds is 8. The first kappa shape index (κ1) is 25.5. The van der Waals surface area contributed by atoms with E-state index in [9.17, 15) is 9.90 Å². The second-order valence-electron chi connectivity index (χ2n) is 11.4. The number of carboxylic acids is 1. The lowest BCUT2D eigenvalue weighted by Gasteiger charge is -2.32. The maximum atomic E-state index is 15.8. The molecule has 2 fully saturated rings. The Balaban J connectivity index is 1.69. The summed E-state index contributed by atoms with van der Waals surface area (Å²) in [5.41, 5.74) is 1.62. The lowest BCUT2D eigenvalue weighted by molar-refractivity contribution is 0.0684. The zero-order valence-electron chi connectivity index (χ0n) is 22.2. The van der Waals surface area contributed by atoms with Crippen LogP contribution in [0.2, 0.25) is 0 Å². The van der Waals surface area contributed by atoms with Gasteiger partial charge in [0, 0.05) is 18.8 Å². The zero-order chi connectivity index (χ0) is 26.3. The molecule has 198 valence electrons. The first-order chi connectivity index (χ1) is 17.7. The van der Waals surface area contributed by atoms with Crippen LogP contribution in [0, 0.1) is 23.6 Å². The van der Waals surface area contributed by atoms with Crippen molar-refractivity contribution < 1.29 is 14.3 Å². The molecule has 3 heterocycles. The lowest BCUT2D eigenvalue weighted by Crippen LogP contribution is -2.31. The molecule has 5 rings (SSSR count). The Morgan fingerprint density at radius 1 is 1.14 bits per heavy atom. The molecule has 0 saturated heterocycles. The fourth-order valence-electron chi connectivity index (χ4n) is 5.69. The quantitative estimate of drug-likeness (QED) is 0.369. The van der Waals surface area contributed by atoms with Crippen molar-refractivity contribution in [3.63, 3.8) is 0 Å². The summed E-state index contributed by atoms with van der Waals surface area (Å²) < 4.78 is 17.8. The average Bonchev–Trinajstić information content (AvgIpc) is 3.17. The molecule has 0 spiro atoms. The van der Waals surface area contributed by atoms with Crippen LogP contribution >= 0.6 is 0 Å². The Hall–Kier alpha value is -3.10. The molecule has 0 bridgehead atoms. The third-order valence-electron chi connectivity index (χ3n) is 8.34. The van der Waals surface area contributed by atoms with Crippen molar-refractivity contribution >= 4 is 23.0 Å². The Bertz CT molecular complexity index is 1290. The number of anilines is 1. The molecule has 3 aromatic heterocycles. The van der Waals surface area contributed by atoms with Gasteiger partial charge >= 0.3 is 5.97 Å². The number of carboxylic acid groups (broad SMARTS) is 1. The molecular formula is C28H37FN6O2. The van der Waals surface area contributed by atoms with Crippen molar-refractivity contribution in [3.05, 3.63) is 29.5 Å². The van der Waals surface area contributed by atoms with Crippen LogP contribution in [0.4, 0.5) is 10.2 Å². The third-order valence-corrected chi connectivity index (χ3v) is 8.34. The van der Waals surface area contributed by atoms with Crippen LogP contribution in [-0.2, 0) is 6.54 Å². The SMILES string of the molecule is CC(C)c1ccnc(-c2nc3nc(C(=O)O)nc(N[C@H](C)C4CCC4)c3n2C[C@H]2CC[C@H](C)CC2)c1F. The Morgan fingerprint density at radius 3 is 2.49 bits per heavy atom. The van der Waals surface area contributed by atoms with E-state index in [4.69, 9.17) is 4.98 Å². The number of carbonyl (C=O) groups is 1. The van der Waals surface area contributed by atoms with Crippen LogP contribution in [-0.4, -0.2) is 41.6 Å². The van der Waals surface area contributed by atoms with E-state index in [1.54, 1.807) is 12.3 Å². The van der Waals surface area contributed by atoms with Crippen molar-refractivity contribution in [1.82, 2.24) is 24.5 Å². The van der Waals surface area contributed by atoms with Crippen molar-refractivity contribution in [2.75, 3.05) is 5.32 Å². The lowest BCUT2D eigenvalue weighted by atomic mass is 9.80. The maximum absolute atomic E-state index is 15.8. The van der Waals surface area contributed by atoms with Gasteiger partial charge in [-0.25, -0.2) is 29.1 Å². The summed E-state index contributed by atoms with van der Waals surface area (Å²) >= 11 is 0. The minimum Gasteiger partial charge on any atom is -0.475 e. The van der Waals surface area contributed by atoms with Gasteiger partial charge in [0.2, 0.25) is 5.82 Å². The van der Waals surface area contributed by atoms with E-state index < -0.39 is 11.8 Å². The summed E-state index contributed by atoms with van der Waals surface area (Å²) in [6.07, 6.45) is 9.57. The highest BCUT2D eigenvalue weighted by atomic mass is 19.1. The molecule has 2 saturated carbocycles. The molecule has 2 aliphatic carbocycles. The topological polar surface area (TPSA) is 106 Å². The third kappa shape index (κ3) is 5.05. The highest BCUT2D eigenvalue weighted by Gasteiger charge is 2.30. The Kier molecular flexibility index (Phi) is 7.14. The van der Waals surface area contributed by atoms with Crippen LogP contribution in [0.5, 0.6) is 0 Å². The van der Waals surface area contributed by atoms with E-state index in [1.807, 2.05) is 18.4 Å². The van der Waals surface area contributed by atoms with E-state index in [-0.39, 0.29) is 29.1 Å². The normalized spacial score (nSPS) is 21.2. The minimum absolute atomic E-state index is 0.0154. The van der Waals surface area contributed by atoms with Gasteiger partial charge in [0.25, 0.3) is 0 Å². The number of nitrogens with one attached hydrogen (secondary N) is 1. The first-order valence-corrected chi connectivity index (χ1v) is 13.7. The first-order valence-electron chi connectivity index (χ1n) is 13.7. The van der Waals surface area contributed by atoms with Gasteiger partial charge in [-0.15, -0.1) is 0 Å². The van der Waals surface area contributed by atoms with Gasteiger partial charge in [-0.3, -0.25) is 0 Å². The molecule has 0 aromatic carbocycles. The van der Waals surface area contributed by atoms with Crippen LogP contribution in [0.15, 0.2) is 12.3 Å². The minimum atomic E-state index is -1.22. The molecule has 8 nitrogen and oxygen atoms in total. The van der Waals surface area contributed by atoms with Crippen LogP contribution < -0.4 is 5.32 Å². The number of halogens is 1. The Labute approximate surface area is 217 Å². The number of aromatic carboxylic acids is 1. The molecule has 37 heavy (non-hydrogen) atoms.